The van der Waals surface area contributed by atoms with E-state index in [0.29, 0.717) is 30.0 Å². The fraction of sp³-hybridized carbons (Fsp3) is 0.227. The van der Waals surface area contributed by atoms with E-state index in [0.717, 1.165) is 23.4 Å². The summed E-state index contributed by atoms with van der Waals surface area (Å²) in [4.78, 5) is 32.4. The normalized spacial score (nSPS) is 20.2. The average molecular weight is 424 g/mol. The second-order valence-corrected chi connectivity index (χ2v) is 8.65. The molecule has 146 valence electrons. The van der Waals surface area contributed by atoms with Crippen molar-refractivity contribution in [3.05, 3.63) is 75.4 Å². The molecule has 3 aromatic rings. The van der Waals surface area contributed by atoms with Crippen molar-refractivity contribution in [2.24, 2.45) is 0 Å². The largest absolute Gasteiger partial charge is 0.354 e. The van der Waals surface area contributed by atoms with Crippen LogP contribution in [0.4, 0.5) is 0 Å². The Hall–Kier alpha value is -2.54. The lowest BCUT2D eigenvalue weighted by Gasteiger charge is -2.29. The van der Waals surface area contributed by atoms with Gasteiger partial charge in [0.25, 0.3) is 0 Å². The van der Waals surface area contributed by atoms with Gasteiger partial charge >= 0.3 is 0 Å². The van der Waals surface area contributed by atoms with Crippen LogP contribution in [-0.4, -0.2) is 34.7 Å². The van der Waals surface area contributed by atoms with Crippen molar-refractivity contribution >= 4 is 44.7 Å². The number of aromatic nitrogens is 1. The minimum absolute atomic E-state index is 0.00828. The molecule has 0 spiro atoms. The lowest BCUT2D eigenvalue weighted by Crippen LogP contribution is -2.38. The molecule has 29 heavy (non-hydrogen) atoms. The second-order valence-electron chi connectivity index (χ2n) is 7.21. The summed E-state index contributed by atoms with van der Waals surface area (Å²) >= 11 is 8.07. The first-order chi connectivity index (χ1) is 14.1. The van der Waals surface area contributed by atoms with Crippen LogP contribution in [0.5, 0.6) is 0 Å². The van der Waals surface area contributed by atoms with Crippen LogP contribution in [0.15, 0.2) is 59.3 Å². The van der Waals surface area contributed by atoms with Gasteiger partial charge in [-0.3, -0.25) is 14.9 Å². The fourth-order valence-electron chi connectivity index (χ4n) is 3.94. The quantitative estimate of drug-likeness (QED) is 0.657. The number of fused-ring (bicyclic) bond motifs is 2. The smallest absolute Gasteiger partial charge is 0.211 e. The van der Waals surface area contributed by atoms with Gasteiger partial charge in [-0.1, -0.05) is 48.0 Å². The van der Waals surface area contributed by atoms with Crippen molar-refractivity contribution in [2.75, 3.05) is 13.2 Å². The van der Waals surface area contributed by atoms with Crippen molar-refractivity contribution in [3.63, 3.8) is 0 Å². The highest BCUT2D eigenvalue weighted by atomic mass is 35.5. The molecule has 1 unspecified atom stereocenters. The number of hydrogen-bond donors (Lipinski definition) is 1. The fourth-order valence-corrected chi connectivity index (χ4v) is 5.33. The van der Waals surface area contributed by atoms with Crippen LogP contribution >= 0.6 is 22.9 Å². The van der Waals surface area contributed by atoms with Crippen molar-refractivity contribution in [1.82, 2.24) is 15.2 Å². The third-order valence-electron chi connectivity index (χ3n) is 5.41. The molecule has 1 aliphatic carbocycles. The summed E-state index contributed by atoms with van der Waals surface area (Å²) < 4.78 is 1.17. The average Bonchev–Trinajstić information content (AvgIpc) is 3.03. The van der Waals surface area contributed by atoms with Gasteiger partial charge in [-0.15, -0.1) is 11.3 Å². The number of rotatable bonds is 2. The van der Waals surface area contributed by atoms with E-state index in [9.17, 15) is 9.59 Å². The minimum Gasteiger partial charge on any atom is -0.354 e. The summed E-state index contributed by atoms with van der Waals surface area (Å²) in [5, 5.41) is 4.56. The monoisotopic (exact) mass is 423 g/mol. The Balaban J connectivity index is 1.41. The molecule has 2 heterocycles. The van der Waals surface area contributed by atoms with Gasteiger partial charge in [-0.25, -0.2) is 4.98 Å². The Bertz CT molecular complexity index is 1140. The summed E-state index contributed by atoms with van der Waals surface area (Å²) in [6, 6.07) is 15.1. The molecule has 0 amide bonds. The molecule has 1 N–H and O–H groups in total. The van der Waals surface area contributed by atoms with Crippen LogP contribution < -0.4 is 5.32 Å². The number of halogens is 1. The molecule has 2 aromatic carbocycles. The highest BCUT2D eigenvalue weighted by Crippen LogP contribution is 2.33. The van der Waals surface area contributed by atoms with E-state index in [1.165, 1.54) is 4.70 Å². The number of Topliss-reactive ketones (excluding diaryl/α,β-unsaturated/α-hetero) is 2. The summed E-state index contributed by atoms with van der Waals surface area (Å²) in [6.07, 6.45) is 1.77. The van der Waals surface area contributed by atoms with Gasteiger partial charge in [0.05, 0.1) is 22.9 Å². The molecule has 1 fully saturated rings. The maximum Gasteiger partial charge on any atom is 0.211 e. The first kappa shape index (κ1) is 18.5. The SMILES string of the molecule is O=C1C(Cl)=C(N2CCCC(c3nc4ccccc4s3)NC2)C(=O)c2ccccc21. The van der Waals surface area contributed by atoms with Crippen molar-refractivity contribution in [2.45, 2.75) is 18.9 Å². The second kappa shape index (κ2) is 7.37. The van der Waals surface area contributed by atoms with E-state index < -0.39 is 0 Å². The molecule has 7 heteroatoms. The van der Waals surface area contributed by atoms with Gasteiger partial charge in [-0.2, -0.15) is 0 Å². The maximum absolute atomic E-state index is 13.1. The van der Waals surface area contributed by atoms with E-state index >= 15 is 0 Å². The molecule has 1 saturated heterocycles. The van der Waals surface area contributed by atoms with Gasteiger partial charge in [0.1, 0.15) is 15.7 Å². The number of allylic oxidation sites excluding steroid dienone is 2. The number of thiazole rings is 1. The third-order valence-corrected chi connectivity index (χ3v) is 6.91. The van der Waals surface area contributed by atoms with E-state index in [2.05, 4.69) is 11.4 Å². The molecule has 0 radical (unpaired) electrons. The number of carbonyl (C=O) groups is 2. The standard InChI is InChI=1S/C22H18ClN3O2S/c23-18-19(21(28)14-7-2-1-6-13(14)20(18)27)26-11-5-9-16(24-12-26)22-25-15-8-3-4-10-17(15)29-22/h1-4,6-8,10,16,24H,5,9,11-12H2. The number of ketones is 2. The predicted molar refractivity (Wildman–Crippen MR) is 114 cm³/mol. The lowest BCUT2D eigenvalue weighted by molar-refractivity contribution is 0.0945. The molecule has 5 nitrogen and oxygen atoms in total. The molecule has 0 saturated carbocycles. The van der Waals surface area contributed by atoms with Crippen LogP contribution in [-0.2, 0) is 0 Å². The zero-order valence-electron chi connectivity index (χ0n) is 15.5. The van der Waals surface area contributed by atoms with E-state index in [4.69, 9.17) is 16.6 Å². The Labute approximate surface area is 177 Å². The predicted octanol–water partition coefficient (Wildman–Crippen LogP) is 4.51. The summed E-state index contributed by atoms with van der Waals surface area (Å²) in [5.41, 5.74) is 2.10. The van der Waals surface area contributed by atoms with E-state index in [1.807, 2.05) is 23.1 Å². The first-order valence-corrected chi connectivity index (χ1v) is 10.7. The van der Waals surface area contributed by atoms with Crippen LogP contribution in [0.3, 0.4) is 0 Å². The molecule has 0 bridgehead atoms. The van der Waals surface area contributed by atoms with Crippen LogP contribution in [0.2, 0.25) is 0 Å². The van der Waals surface area contributed by atoms with E-state index in [-0.39, 0.29) is 22.6 Å². The molecule has 2 aliphatic rings. The molecule has 1 aliphatic heterocycles. The summed E-state index contributed by atoms with van der Waals surface area (Å²) in [5.74, 6) is -0.478. The number of carbonyl (C=O) groups excluding carboxylic acids is 2. The third kappa shape index (κ3) is 3.17. The van der Waals surface area contributed by atoms with Gasteiger partial charge in [0, 0.05) is 17.7 Å². The topological polar surface area (TPSA) is 62.3 Å². The molecule has 1 aromatic heterocycles. The van der Waals surface area contributed by atoms with Gasteiger partial charge in [0.2, 0.25) is 11.6 Å². The molecule has 5 rings (SSSR count). The van der Waals surface area contributed by atoms with Crippen LogP contribution in [0.1, 0.15) is 44.6 Å². The molecular formula is C22H18ClN3O2S. The van der Waals surface area contributed by atoms with Crippen molar-refractivity contribution in [3.8, 4) is 0 Å². The Morgan fingerprint density at radius 3 is 2.55 bits per heavy atom. The lowest BCUT2D eigenvalue weighted by atomic mass is 9.92. The van der Waals surface area contributed by atoms with Gasteiger partial charge in [0.15, 0.2) is 0 Å². The summed E-state index contributed by atoms with van der Waals surface area (Å²) in [6.45, 7) is 1.09. The number of benzene rings is 2. The maximum atomic E-state index is 13.1. The van der Waals surface area contributed by atoms with Crippen molar-refractivity contribution < 1.29 is 9.59 Å². The Kier molecular flexibility index (Phi) is 4.70. The first-order valence-electron chi connectivity index (χ1n) is 9.55. The highest BCUT2D eigenvalue weighted by molar-refractivity contribution is 7.18. The number of nitrogens with one attached hydrogen (secondary N) is 1. The number of para-hydroxylation sites is 1. The van der Waals surface area contributed by atoms with Crippen LogP contribution in [0, 0.1) is 0 Å². The summed E-state index contributed by atoms with van der Waals surface area (Å²) in [7, 11) is 0. The molecule has 1 atom stereocenters. The minimum atomic E-state index is -0.288. The number of nitrogens with zero attached hydrogens (tertiary/aromatic N) is 2. The van der Waals surface area contributed by atoms with Crippen molar-refractivity contribution in [1.29, 1.82) is 0 Å². The highest BCUT2D eigenvalue weighted by Gasteiger charge is 2.35. The van der Waals surface area contributed by atoms with Gasteiger partial charge < -0.3 is 4.90 Å². The Morgan fingerprint density at radius 1 is 1.03 bits per heavy atom. The van der Waals surface area contributed by atoms with Gasteiger partial charge in [-0.05, 0) is 25.0 Å². The zero-order chi connectivity index (χ0) is 20.0. The van der Waals surface area contributed by atoms with E-state index in [1.54, 1.807) is 35.6 Å². The zero-order valence-corrected chi connectivity index (χ0v) is 17.1. The molecular weight excluding hydrogens is 406 g/mol. The van der Waals surface area contributed by atoms with Crippen LogP contribution in [0.25, 0.3) is 10.2 Å². The number of hydrogen-bond acceptors (Lipinski definition) is 6. The Morgan fingerprint density at radius 2 is 1.76 bits per heavy atom.